The van der Waals surface area contributed by atoms with Gasteiger partial charge in [0.25, 0.3) is 5.91 Å². The predicted molar refractivity (Wildman–Crippen MR) is 86.0 cm³/mol. The third kappa shape index (κ3) is 2.57. The zero-order chi connectivity index (χ0) is 16.4. The molecule has 0 aliphatic carbocycles. The van der Waals surface area contributed by atoms with Gasteiger partial charge in [-0.15, -0.1) is 0 Å². The Morgan fingerprint density at radius 3 is 2.00 bits per heavy atom. The number of ketones is 1. The number of rotatable bonds is 3. The van der Waals surface area contributed by atoms with Crippen molar-refractivity contribution in [3.05, 3.63) is 71.8 Å². The van der Waals surface area contributed by atoms with Crippen molar-refractivity contribution in [2.45, 2.75) is 13.3 Å². The molecule has 0 saturated carbocycles. The largest absolute Gasteiger partial charge is 0.293 e. The van der Waals surface area contributed by atoms with Crippen molar-refractivity contribution in [3.63, 3.8) is 0 Å². The maximum absolute atomic E-state index is 12.7. The highest BCUT2D eigenvalue weighted by Crippen LogP contribution is 2.35. The van der Waals surface area contributed by atoms with Gasteiger partial charge in [0.2, 0.25) is 5.91 Å². The van der Waals surface area contributed by atoms with Crippen LogP contribution in [0.4, 0.5) is 0 Å². The van der Waals surface area contributed by atoms with Crippen molar-refractivity contribution in [1.82, 2.24) is 4.90 Å². The number of hydrogen-bond donors (Lipinski definition) is 0. The fraction of sp³-hybridized carbons (Fsp3) is 0.211. The average molecular weight is 307 g/mol. The summed E-state index contributed by atoms with van der Waals surface area (Å²) in [5, 5.41) is 0. The highest BCUT2D eigenvalue weighted by molar-refractivity contribution is 6.19. The number of nitrogens with zero attached hydrogens (tertiary/aromatic N) is 1. The van der Waals surface area contributed by atoms with Gasteiger partial charge < -0.3 is 0 Å². The molecule has 4 nitrogen and oxygen atoms in total. The topological polar surface area (TPSA) is 54.5 Å². The normalized spacial score (nSPS) is 20.6. The van der Waals surface area contributed by atoms with Gasteiger partial charge in [0.15, 0.2) is 5.78 Å². The Morgan fingerprint density at radius 1 is 0.913 bits per heavy atom. The van der Waals surface area contributed by atoms with E-state index in [1.807, 2.05) is 12.1 Å². The molecule has 1 aliphatic rings. The SMILES string of the molecule is CC1(C(=O)c2ccccc2)CCN(C(=O)c2ccccc2)C1=O. The molecule has 1 atom stereocenters. The average Bonchev–Trinajstić information content (AvgIpc) is 2.91. The molecule has 23 heavy (non-hydrogen) atoms. The van der Waals surface area contributed by atoms with Gasteiger partial charge in [-0.3, -0.25) is 19.3 Å². The summed E-state index contributed by atoms with van der Waals surface area (Å²) in [6.45, 7) is 1.89. The Kier molecular flexibility index (Phi) is 3.82. The minimum absolute atomic E-state index is 0.230. The molecule has 116 valence electrons. The zero-order valence-corrected chi connectivity index (χ0v) is 12.9. The minimum Gasteiger partial charge on any atom is -0.293 e. The third-order valence-electron chi connectivity index (χ3n) is 4.36. The first-order chi connectivity index (χ1) is 11.0. The summed E-state index contributed by atoms with van der Waals surface area (Å²) in [5.41, 5.74) is -0.221. The lowest BCUT2D eigenvalue weighted by Crippen LogP contribution is -2.41. The number of Topliss-reactive ketones (excluding diaryl/α,β-unsaturated/α-hetero) is 1. The van der Waals surface area contributed by atoms with E-state index in [0.717, 1.165) is 0 Å². The quantitative estimate of drug-likeness (QED) is 0.498. The smallest absolute Gasteiger partial charge is 0.260 e. The van der Waals surface area contributed by atoms with E-state index in [1.54, 1.807) is 55.5 Å². The van der Waals surface area contributed by atoms with E-state index in [4.69, 9.17) is 0 Å². The lowest BCUT2D eigenvalue weighted by Gasteiger charge is -2.21. The van der Waals surface area contributed by atoms with Crippen LogP contribution in [0.1, 0.15) is 34.1 Å². The minimum atomic E-state index is -1.17. The van der Waals surface area contributed by atoms with Gasteiger partial charge in [0.1, 0.15) is 5.41 Å². The summed E-state index contributed by atoms with van der Waals surface area (Å²) in [6.07, 6.45) is 0.345. The summed E-state index contributed by atoms with van der Waals surface area (Å²) in [7, 11) is 0. The molecule has 1 saturated heterocycles. The summed E-state index contributed by atoms with van der Waals surface area (Å²) in [4.78, 5) is 39.2. The molecule has 0 bridgehead atoms. The Labute approximate surface area is 134 Å². The molecule has 0 N–H and O–H groups in total. The van der Waals surface area contributed by atoms with E-state index >= 15 is 0 Å². The van der Waals surface area contributed by atoms with Gasteiger partial charge >= 0.3 is 0 Å². The number of hydrogen-bond acceptors (Lipinski definition) is 3. The Bertz CT molecular complexity index is 755. The van der Waals surface area contributed by atoms with E-state index < -0.39 is 11.3 Å². The summed E-state index contributed by atoms with van der Waals surface area (Å²) < 4.78 is 0. The van der Waals surface area contributed by atoms with Gasteiger partial charge in [0.05, 0.1) is 0 Å². The first-order valence-corrected chi connectivity index (χ1v) is 7.55. The summed E-state index contributed by atoms with van der Waals surface area (Å²) in [5.74, 6) is -0.994. The molecule has 1 unspecified atom stereocenters. The van der Waals surface area contributed by atoms with E-state index in [-0.39, 0.29) is 18.2 Å². The number of amides is 2. The zero-order valence-electron chi connectivity index (χ0n) is 12.9. The Balaban J connectivity index is 1.86. The van der Waals surface area contributed by atoms with Gasteiger partial charge in [-0.2, -0.15) is 0 Å². The lowest BCUT2D eigenvalue weighted by atomic mass is 9.81. The molecule has 0 spiro atoms. The second-order valence-corrected chi connectivity index (χ2v) is 5.91. The summed E-state index contributed by atoms with van der Waals surface area (Å²) >= 11 is 0. The molecule has 2 aromatic rings. The lowest BCUT2D eigenvalue weighted by molar-refractivity contribution is -0.131. The number of carbonyl (C=O) groups is 3. The molecule has 1 heterocycles. The molecule has 2 aromatic carbocycles. The van der Waals surface area contributed by atoms with Gasteiger partial charge in [0, 0.05) is 17.7 Å². The highest BCUT2D eigenvalue weighted by Gasteiger charge is 2.50. The van der Waals surface area contributed by atoms with E-state index in [1.165, 1.54) is 4.90 Å². The van der Waals surface area contributed by atoms with Crippen LogP contribution in [-0.2, 0) is 4.79 Å². The van der Waals surface area contributed by atoms with Crippen LogP contribution in [0.5, 0.6) is 0 Å². The first kappa shape index (κ1) is 15.2. The fourth-order valence-electron chi connectivity index (χ4n) is 2.89. The standard InChI is InChI=1S/C19H17NO3/c1-19(16(21)14-8-4-2-5-9-14)12-13-20(18(19)23)17(22)15-10-6-3-7-11-15/h2-11H,12-13H2,1H3. The molecular formula is C19H17NO3. The van der Waals surface area contributed by atoms with E-state index in [9.17, 15) is 14.4 Å². The molecule has 2 amide bonds. The van der Waals surface area contributed by atoms with Crippen molar-refractivity contribution in [1.29, 1.82) is 0 Å². The van der Waals surface area contributed by atoms with Gasteiger partial charge in [-0.05, 0) is 25.5 Å². The number of carbonyl (C=O) groups excluding carboxylic acids is 3. The van der Waals surface area contributed by atoms with Crippen molar-refractivity contribution < 1.29 is 14.4 Å². The first-order valence-electron chi connectivity index (χ1n) is 7.55. The van der Waals surface area contributed by atoms with Crippen LogP contribution in [0.2, 0.25) is 0 Å². The monoisotopic (exact) mass is 307 g/mol. The molecule has 0 aromatic heterocycles. The molecule has 0 radical (unpaired) electrons. The number of likely N-dealkylation sites (tertiary alicyclic amines) is 1. The van der Waals surface area contributed by atoms with Gasteiger partial charge in [-0.1, -0.05) is 48.5 Å². The summed E-state index contributed by atoms with van der Waals surface area (Å²) in [6, 6.07) is 17.4. The van der Waals surface area contributed by atoms with Crippen molar-refractivity contribution in [3.8, 4) is 0 Å². The highest BCUT2D eigenvalue weighted by atomic mass is 16.2. The van der Waals surface area contributed by atoms with Gasteiger partial charge in [-0.25, -0.2) is 0 Å². The van der Waals surface area contributed by atoms with Crippen LogP contribution in [0.3, 0.4) is 0 Å². The Hall–Kier alpha value is -2.75. The Morgan fingerprint density at radius 2 is 1.43 bits per heavy atom. The van der Waals surface area contributed by atoms with E-state index in [0.29, 0.717) is 17.5 Å². The molecule has 4 heteroatoms. The number of imide groups is 1. The molecule has 1 fully saturated rings. The second kappa shape index (κ2) is 5.80. The van der Waals surface area contributed by atoms with Crippen molar-refractivity contribution in [2.75, 3.05) is 6.54 Å². The molecule has 3 rings (SSSR count). The number of benzene rings is 2. The predicted octanol–water partition coefficient (Wildman–Crippen LogP) is 2.95. The van der Waals surface area contributed by atoms with E-state index in [2.05, 4.69) is 0 Å². The van der Waals surface area contributed by atoms with Crippen LogP contribution in [0.25, 0.3) is 0 Å². The van der Waals surface area contributed by atoms with Crippen LogP contribution >= 0.6 is 0 Å². The van der Waals surface area contributed by atoms with Crippen molar-refractivity contribution in [2.24, 2.45) is 5.41 Å². The maximum atomic E-state index is 12.7. The van der Waals surface area contributed by atoms with Crippen LogP contribution in [0.15, 0.2) is 60.7 Å². The van der Waals surface area contributed by atoms with Crippen LogP contribution in [-0.4, -0.2) is 29.0 Å². The third-order valence-corrected chi connectivity index (χ3v) is 4.36. The van der Waals surface area contributed by atoms with Crippen molar-refractivity contribution >= 4 is 17.6 Å². The molecular weight excluding hydrogens is 290 g/mol. The maximum Gasteiger partial charge on any atom is 0.260 e. The second-order valence-electron chi connectivity index (χ2n) is 5.91. The van der Waals surface area contributed by atoms with Crippen LogP contribution in [0, 0.1) is 5.41 Å². The fourth-order valence-corrected chi connectivity index (χ4v) is 2.89. The molecule has 1 aliphatic heterocycles. The van der Waals surface area contributed by atoms with Crippen LogP contribution < -0.4 is 0 Å².